The van der Waals surface area contributed by atoms with Gasteiger partial charge >= 0.3 is 0 Å². The van der Waals surface area contributed by atoms with E-state index in [9.17, 15) is 4.79 Å². The fraction of sp³-hybridized carbons (Fsp3) is 0.952. The molecule has 1 aliphatic rings. The van der Waals surface area contributed by atoms with Gasteiger partial charge in [0.15, 0.2) is 0 Å². The maximum atomic E-state index is 13.0. The smallest absolute Gasteiger partial charge is 0.229 e. The molecule has 0 N–H and O–H groups in total. The van der Waals surface area contributed by atoms with Crippen molar-refractivity contribution in [3.05, 3.63) is 0 Å². The fourth-order valence-corrected chi connectivity index (χ4v) is 5.64. The first-order chi connectivity index (χ1) is 9.96. The highest BCUT2D eigenvalue weighted by molar-refractivity contribution is 5.86. The van der Waals surface area contributed by atoms with E-state index >= 15 is 0 Å². The Bertz CT molecular complexity index is 454. The molecule has 1 heterocycles. The van der Waals surface area contributed by atoms with Crippen LogP contribution in [0, 0.1) is 16.2 Å². The van der Waals surface area contributed by atoms with Gasteiger partial charge in [0.2, 0.25) is 5.91 Å². The number of nitrogens with zero attached hydrogens (tertiary/aromatic N) is 1. The van der Waals surface area contributed by atoms with Crippen LogP contribution in [0.15, 0.2) is 0 Å². The Balaban J connectivity index is 3.05. The molecule has 0 atom stereocenters. The van der Waals surface area contributed by atoms with Crippen molar-refractivity contribution in [2.75, 3.05) is 0 Å². The Morgan fingerprint density at radius 1 is 0.913 bits per heavy atom. The number of rotatable bonds is 6. The van der Waals surface area contributed by atoms with Crippen molar-refractivity contribution in [3.63, 3.8) is 0 Å². The van der Waals surface area contributed by atoms with E-state index in [0.717, 1.165) is 12.8 Å². The van der Waals surface area contributed by atoms with Crippen LogP contribution in [0.4, 0.5) is 0 Å². The highest BCUT2D eigenvalue weighted by Crippen LogP contribution is 2.49. The van der Waals surface area contributed by atoms with Gasteiger partial charge in [0.25, 0.3) is 0 Å². The number of amides is 1. The first-order valence-corrected chi connectivity index (χ1v) is 9.31. The van der Waals surface area contributed by atoms with Crippen LogP contribution in [0.3, 0.4) is 0 Å². The first kappa shape index (κ1) is 20.5. The van der Waals surface area contributed by atoms with E-state index < -0.39 is 0 Å². The predicted octanol–water partition coefficient (Wildman–Crippen LogP) is 6.04. The molecule has 1 rings (SSSR count). The summed E-state index contributed by atoms with van der Waals surface area (Å²) >= 11 is 0. The molecule has 23 heavy (non-hydrogen) atoms. The van der Waals surface area contributed by atoms with Crippen molar-refractivity contribution in [2.45, 2.75) is 113 Å². The summed E-state index contributed by atoms with van der Waals surface area (Å²) in [7, 11) is 0. The second kappa shape index (κ2) is 5.77. The minimum atomic E-state index is -0.242. The average molecular weight is 324 g/mol. The molecule has 0 unspecified atom stereocenters. The zero-order valence-electron chi connectivity index (χ0n) is 17.7. The molecule has 1 amide bonds. The Morgan fingerprint density at radius 3 is 1.74 bits per heavy atom. The average Bonchev–Trinajstić information content (AvgIpc) is 2.39. The molecule has 0 aromatic carbocycles. The summed E-state index contributed by atoms with van der Waals surface area (Å²) in [6.07, 6.45) is 4.35. The molecule has 0 spiro atoms. The summed E-state index contributed by atoms with van der Waals surface area (Å²) in [5, 5.41) is 0. The molecule has 0 aliphatic carbocycles. The van der Waals surface area contributed by atoms with Gasteiger partial charge in [-0.3, -0.25) is 4.79 Å². The minimum Gasteiger partial charge on any atom is -0.332 e. The van der Waals surface area contributed by atoms with Gasteiger partial charge < -0.3 is 4.90 Å². The summed E-state index contributed by atoms with van der Waals surface area (Å²) in [6, 6.07) is 0. The lowest BCUT2D eigenvalue weighted by atomic mass is 9.68. The Labute approximate surface area is 145 Å². The third-order valence-corrected chi connectivity index (χ3v) is 5.69. The summed E-state index contributed by atoms with van der Waals surface area (Å²) in [6.45, 7) is 24.9. The summed E-state index contributed by atoms with van der Waals surface area (Å²) in [5.41, 5.74) is 0.130. The van der Waals surface area contributed by atoms with Crippen molar-refractivity contribution in [3.8, 4) is 0 Å². The van der Waals surface area contributed by atoms with Crippen LogP contribution in [0.25, 0.3) is 0 Å². The number of carbonyl (C=O) groups is 1. The van der Waals surface area contributed by atoms with Crippen LogP contribution in [0.5, 0.6) is 0 Å². The minimum absolute atomic E-state index is 0.0690. The van der Waals surface area contributed by atoms with Gasteiger partial charge in [0.1, 0.15) is 0 Å². The van der Waals surface area contributed by atoms with Gasteiger partial charge in [-0.25, -0.2) is 0 Å². The van der Waals surface area contributed by atoms with E-state index in [4.69, 9.17) is 0 Å². The van der Waals surface area contributed by atoms with E-state index in [1.54, 1.807) is 0 Å². The van der Waals surface area contributed by atoms with Gasteiger partial charge in [-0.05, 0) is 57.8 Å². The third kappa shape index (κ3) is 4.51. The highest BCUT2D eigenvalue weighted by Gasteiger charge is 2.55. The van der Waals surface area contributed by atoms with Gasteiger partial charge in [0, 0.05) is 16.5 Å². The van der Waals surface area contributed by atoms with E-state index in [1.807, 2.05) is 0 Å². The molecule has 2 heteroatoms. The molecule has 2 nitrogen and oxygen atoms in total. The lowest BCUT2D eigenvalue weighted by Gasteiger charge is -2.49. The zero-order valence-corrected chi connectivity index (χ0v) is 17.7. The lowest BCUT2D eigenvalue weighted by Crippen LogP contribution is -2.56. The van der Waals surface area contributed by atoms with Crippen LogP contribution in [-0.2, 0) is 4.79 Å². The largest absolute Gasteiger partial charge is 0.332 e. The van der Waals surface area contributed by atoms with Crippen molar-refractivity contribution in [1.29, 1.82) is 0 Å². The number of hydrogen-bond donors (Lipinski definition) is 0. The standard InChI is InChI=1S/C21H41NO/c1-12-17(2,3)13-18(4,5)14-20(8,9)22-16(23)19(6,7)15-21(22,10)11/h12-15H2,1-11H3. The third-order valence-electron chi connectivity index (χ3n) is 5.69. The lowest BCUT2D eigenvalue weighted by molar-refractivity contribution is -0.144. The molecule has 1 saturated heterocycles. The molecule has 1 aliphatic heterocycles. The van der Waals surface area contributed by atoms with Crippen LogP contribution >= 0.6 is 0 Å². The van der Waals surface area contributed by atoms with E-state index in [-0.39, 0.29) is 21.9 Å². The van der Waals surface area contributed by atoms with Crippen LogP contribution < -0.4 is 0 Å². The molecule has 0 radical (unpaired) electrons. The monoisotopic (exact) mass is 323 g/mol. The maximum absolute atomic E-state index is 13.0. The molecule has 136 valence electrons. The first-order valence-electron chi connectivity index (χ1n) is 9.31. The number of carbonyl (C=O) groups excluding carboxylic acids is 1. The van der Waals surface area contributed by atoms with Crippen molar-refractivity contribution < 1.29 is 4.79 Å². The molecule has 0 aromatic heterocycles. The number of hydrogen-bond acceptors (Lipinski definition) is 1. The second-order valence-electron chi connectivity index (χ2n) is 11.4. The van der Waals surface area contributed by atoms with Gasteiger partial charge in [-0.2, -0.15) is 0 Å². The molecular formula is C21H41NO. The molecular weight excluding hydrogens is 282 g/mol. The number of likely N-dealkylation sites (tertiary alicyclic amines) is 1. The fourth-order valence-electron chi connectivity index (χ4n) is 5.64. The second-order valence-corrected chi connectivity index (χ2v) is 11.4. The quantitative estimate of drug-likeness (QED) is 0.583. The Morgan fingerprint density at radius 2 is 1.39 bits per heavy atom. The van der Waals surface area contributed by atoms with Crippen molar-refractivity contribution >= 4 is 5.91 Å². The van der Waals surface area contributed by atoms with E-state index in [0.29, 0.717) is 11.3 Å². The van der Waals surface area contributed by atoms with Crippen LogP contribution in [0.1, 0.15) is 102 Å². The maximum Gasteiger partial charge on any atom is 0.229 e. The van der Waals surface area contributed by atoms with Gasteiger partial charge in [-0.1, -0.05) is 54.9 Å². The zero-order chi connectivity index (χ0) is 18.5. The topological polar surface area (TPSA) is 20.3 Å². The molecule has 0 aromatic rings. The van der Waals surface area contributed by atoms with Crippen molar-refractivity contribution in [2.24, 2.45) is 16.2 Å². The summed E-state index contributed by atoms with van der Waals surface area (Å²) < 4.78 is 0. The predicted molar refractivity (Wildman–Crippen MR) is 100 cm³/mol. The van der Waals surface area contributed by atoms with Gasteiger partial charge in [0.05, 0.1) is 0 Å². The summed E-state index contributed by atoms with van der Waals surface area (Å²) in [5.74, 6) is 0.318. The van der Waals surface area contributed by atoms with E-state index in [1.165, 1.54) is 12.8 Å². The highest BCUT2D eigenvalue weighted by atomic mass is 16.2. The van der Waals surface area contributed by atoms with Crippen LogP contribution in [-0.4, -0.2) is 21.9 Å². The van der Waals surface area contributed by atoms with Crippen molar-refractivity contribution in [1.82, 2.24) is 4.90 Å². The van der Waals surface area contributed by atoms with E-state index in [2.05, 4.69) is 81.1 Å². The van der Waals surface area contributed by atoms with Crippen LogP contribution in [0.2, 0.25) is 0 Å². The molecule has 1 fully saturated rings. The molecule has 0 bridgehead atoms. The Kier molecular flexibility index (Phi) is 5.15. The SMILES string of the molecule is CCC(C)(C)CC(C)(C)CC(C)(C)N1C(=O)C(C)(C)CC1(C)C. The normalized spacial score (nSPS) is 21.9. The molecule has 0 saturated carbocycles. The summed E-state index contributed by atoms with van der Waals surface area (Å²) in [4.78, 5) is 15.2. The Hall–Kier alpha value is -0.530. The van der Waals surface area contributed by atoms with Gasteiger partial charge in [-0.15, -0.1) is 0 Å².